The Bertz CT molecular complexity index is 342. The number of para-hydroxylation sites is 1. The van der Waals surface area contributed by atoms with Crippen molar-refractivity contribution in [3.8, 4) is 5.75 Å². The first-order valence-corrected chi connectivity index (χ1v) is 4.38. The topological polar surface area (TPSA) is 52.3 Å². The van der Waals surface area contributed by atoms with Crippen LogP contribution in [0.5, 0.6) is 5.75 Å². The van der Waals surface area contributed by atoms with Gasteiger partial charge in [-0.25, -0.2) is 8.78 Å². The molecule has 0 heterocycles. The molecule has 0 saturated heterocycles. The summed E-state index contributed by atoms with van der Waals surface area (Å²) >= 11 is 0. The first-order chi connectivity index (χ1) is 7.15. The Morgan fingerprint density at radius 2 is 2.07 bits per heavy atom. The van der Waals surface area contributed by atoms with Crippen LogP contribution in [-0.2, 0) is 0 Å². The monoisotopic (exact) mass is 215 g/mol. The van der Waals surface area contributed by atoms with Crippen molar-refractivity contribution < 1.29 is 18.3 Å². The number of nitrogens with two attached hydrogens (primary N) is 1. The van der Waals surface area contributed by atoms with Crippen molar-refractivity contribution in [2.24, 2.45) is 5.73 Å². The molecular formula is C10H11F2NO2. The molecule has 0 aliphatic heterocycles. The number of hydrogen-bond donors (Lipinski definition) is 1. The van der Waals surface area contributed by atoms with Gasteiger partial charge in [0.15, 0.2) is 5.78 Å². The van der Waals surface area contributed by atoms with Crippen molar-refractivity contribution in [3.05, 3.63) is 29.8 Å². The van der Waals surface area contributed by atoms with Crippen LogP contribution in [0.2, 0.25) is 0 Å². The molecule has 0 aliphatic rings. The van der Waals surface area contributed by atoms with Gasteiger partial charge >= 0.3 is 0 Å². The summed E-state index contributed by atoms with van der Waals surface area (Å²) in [6.45, 7) is -0.899. The molecule has 1 aromatic rings. The van der Waals surface area contributed by atoms with Gasteiger partial charge in [-0.15, -0.1) is 0 Å². The third-order valence-corrected chi connectivity index (χ3v) is 1.74. The fourth-order valence-electron chi connectivity index (χ4n) is 1.09. The molecule has 0 spiro atoms. The van der Waals surface area contributed by atoms with E-state index in [2.05, 4.69) is 0 Å². The van der Waals surface area contributed by atoms with E-state index < -0.39 is 13.0 Å². The lowest BCUT2D eigenvalue weighted by atomic mass is 10.1. The molecule has 0 fully saturated rings. The lowest BCUT2D eigenvalue weighted by molar-refractivity contribution is 0.0801. The average molecular weight is 215 g/mol. The number of ether oxygens (including phenoxy) is 1. The predicted molar refractivity (Wildman–Crippen MR) is 51.3 cm³/mol. The van der Waals surface area contributed by atoms with E-state index in [1.807, 2.05) is 0 Å². The smallest absolute Gasteiger partial charge is 0.272 e. The van der Waals surface area contributed by atoms with Gasteiger partial charge in [0.1, 0.15) is 12.4 Å². The minimum absolute atomic E-state index is 0.147. The number of rotatable bonds is 5. The second kappa shape index (κ2) is 5.41. The Hall–Kier alpha value is -1.49. The summed E-state index contributed by atoms with van der Waals surface area (Å²) in [6, 6.07) is 6.19. The Balaban J connectivity index is 2.81. The number of ketones is 1. The van der Waals surface area contributed by atoms with E-state index >= 15 is 0 Å². The van der Waals surface area contributed by atoms with Crippen LogP contribution in [0.15, 0.2) is 24.3 Å². The first kappa shape index (κ1) is 11.6. The number of Topliss-reactive ketones (excluding diaryl/α,β-unsaturated/α-hetero) is 1. The SMILES string of the molecule is NCC(=O)c1ccccc1OCC(F)F. The molecule has 0 bridgehead atoms. The third kappa shape index (κ3) is 3.28. The van der Waals surface area contributed by atoms with Gasteiger partial charge in [-0.05, 0) is 12.1 Å². The highest BCUT2D eigenvalue weighted by Gasteiger charge is 2.11. The van der Waals surface area contributed by atoms with Gasteiger partial charge < -0.3 is 10.5 Å². The summed E-state index contributed by atoms with van der Waals surface area (Å²) in [5, 5.41) is 0. The molecule has 0 aliphatic carbocycles. The molecule has 0 amide bonds. The van der Waals surface area contributed by atoms with Gasteiger partial charge in [-0.3, -0.25) is 4.79 Å². The zero-order chi connectivity index (χ0) is 11.3. The summed E-state index contributed by atoms with van der Waals surface area (Å²) in [5.41, 5.74) is 5.41. The number of benzene rings is 1. The van der Waals surface area contributed by atoms with Gasteiger partial charge in [0.25, 0.3) is 6.43 Å². The van der Waals surface area contributed by atoms with Gasteiger partial charge in [-0.1, -0.05) is 12.1 Å². The highest BCUT2D eigenvalue weighted by Crippen LogP contribution is 2.18. The zero-order valence-electron chi connectivity index (χ0n) is 7.95. The van der Waals surface area contributed by atoms with Crippen LogP contribution < -0.4 is 10.5 Å². The van der Waals surface area contributed by atoms with Crippen LogP contribution in [0.25, 0.3) is 0 Å². The number of hydrogen-bond acceptors (Lipinski definition) is 3. The fraction of sp³-hybridized carbons (Fsp3) is 0.300. The maximum atomic E-state index is 11.9. The van der Waals surface area contributed by atoms with Gasteiger partial charge in [0, 0.05) is 0 Å². The van der Waals surface area contributed by atoms with E-state index in [-0.39, 0.29) is 23.6 Å². The Morgan fingerprint density at radius 1 is 1.40 bits per heavy atom. The molecule has 1 aromatic carbocycles. The number of carbonyl (C=O) groups is 1. The van der Waals surface area contributed by atoms with Crippen LogP contribution in [0.3, 0.4) is 0 Å². The molecule has 3 nitrogen and oxygen atoms in total. The molecule has 0 radical (unpaired) electrons. The minimum Gasteiger partial charge on any atom is -0.487 e. The second-order valence-electron chi connectivity index (χ2n) is 2.83. The lowest BCUT2D eigenvalue weighted by Gasteiger charge is -2.09. The molecule has 0 saturated carbocycles. The second-order valence-corrected chi connectivity index (χ2v) is 2.83. The summed E-state index contributed by atoms with van der Waals surface area (Å²) in [6.07, 6.45) is -2.56. The van der Waals surface area contributed by atoms with E-state index in [1.165, 1.54) is 12.1 Å². The fourth-order valence-corrected chi connectivity index (χ4v) is 1.09. The number of carbonyl (C=O) groups excluding carboxylic acids is 1. The molecule has 15 heavy (non-hydrogen) atoms. The van der Waals surface area contributed by atoms with Crippen LogP contribution in [-0.4, -0.2) is 25.4 Å². The predicted octanol–water partition coefficient (Wildman–Crippen LogP) is 1.47. The standard InChI is InChI=1S/C10H11F2NO2/c11-10(12)6-15-9-4-2-1-3-7(9)8(14)5-13/h1-4,10H,5-6,13H2. The van der Waals surface area contributed by atoms with Crippen LogP contribution in [0.1, 0.15) is 10.4 Å². The van der Waals surface area contributed by atoms with Crippen molar-refractivity contribution in [3.63, 3.8) is 0 Å². The third-order valence-electron chi connectivity index (χ3n) is 1.74. The van der Waals surface area contributed by atoms with Crippen LogP contribution in [0.4, 0.5) is 8.78 Å². The number of alkyl halides is 2. The molecule has 0 aromatic heterocycles. The molecule has 1 rings (SSSR count). The molecule has 0 atom stereocenters. The van der Waals surface area contributed by atoms with Crippen LogP contribution >= 0.6 is 0 Å². The largest absolute Gasteiger partial charge is 0.487 e. The van der Waals surface area contributed by atoms with E-state index in [0.717, 1.165) is 0 Å². The normalized spacial score (nSPS) is 10.4. The maximum absolute atomic E-state index is 11.9. The van der Waals surface area contributed by atoms with Crippen molar-refractivity contribution in [1.29, 1.82) is 0 Å². The molecule has 2 N–H and O–H groups in total. The molecule has 0 unspecified atom stereocenters. The van der Waals surface area contributed by atoms with Crippen molar-refractivity contribution in [1.82, 2.24) is 0 Å². The first-order valence-electron chi connectivity index (χ1n) is 4.38. The average Bonchev–Trinajstić information content (AvgIpc) is 2.25. The molecular weight excluding hydrogens is 204 g/mol. The zero-order valence-corrected chi connectivity index (χ0v) is 7.95. The molecule has 82 valence electrons. The molecule has 5 heteroatoms. The highest BCUT2D eigenvalue weighted by molar-refractivity contribution is 5.99. The quantitative estimate of drug-likeness (QED) is 0.757. The highest BCUT2D eigenvalue weighted by atomic mass is 19.3. The Labute approximate surface area is 85.8 Å². The van der Waals surface area contributed by atoms with Gasteiger partial charge in [-0.2, -0.15) is 0 Å². The summed E-state index contributed by atoms with van der Waals surface area (Å²) in [4.78, 5) is 11.3. The van der Waals surface area contributed by atoms with Crippen molar-refractivity contribution in [2.45, 2.75) is 6.43 Å². The number of halogens is 2. The van der Waals surface area contributed by atoms with Crippen molar-refractivity contribution >= 4 is 5.78 Å². The van der Waals surface area contributed by atoms with Gasteiger partial charge in [0.2, 0.25) is 0 Å². The maximum Gasteiger partial charge on any atom is 0.272 e. The summed E-state index contributed by atoms with van der Waals surface area (Å²) in [5.74, 6) is -0.187. The van der Waals surface area contributed by atoms with E-state index in [1.54, 1.807) is 12.1 Å². The van der Waals surface area contributed by atoms with Crippen LogP contribution in [0, 0.1) is 0 Å². The van der Waals surface area contributed by atoms with Gasteiger partial charge in [0.05, 0.1) is 12.1 Å². The van der Waals surface area contributed by atoms with E-state index in [4.69, 9.17) is 10.5 Å². The van der Waals surface area contributed by atoms with Crippen molar-refractivity contribution in [2.75, 3.05) is 13.2 Å². The summed E-state index contributed by atoms with van der Waals surface area (Å²) < 4.78 is 28.6. The van der Waals surface area contributed by atoms with E-state index in [9.17, 15) is 13.6 Å². The lowest BCUT2D eigenvalue weighted by Crippen LogP contribution is -2.16. The Morgan fingerprint density at radius 3 is 2.67 bits per heavy atom. The van der Waals surface area contributed by atoms with E-state index in [0.29, 0.717) is 0 Å². The Kier molecular flexibility index (Phi) is 4.17. The minimum atomic E-state index is -2.56. The summed E-state index contributed by atoms with van der Waals surface area (Å²) in [7, 11) is 0.